The Hall–Kier alpha value is -4.66. The van der Waals surface area contributed by atoms with Crippen molar-refractivity contribution >= 4 is 28.8 Å². The number of fused-ring (bicyclic) bond motifs is 2. The van der Waals surface area contributed by atoms with Gasteiger partial charge < -0.3 is 24.7 Å². The second kappa shape index (κ2) is 11.0. The number of aromatic nitrogens is 2. The molecule has 39 heavy (non-hydrogen) atoms. The van der Waals surface area contributed by atoms with Crippen molar-refractivity contribution in [3.05, 3.63) is 94.8 Å². The zero-order valence-corrected chi connectivity index (χ0v) is 21.9. The number of rotatable bonds is 10. The number of esters is 1. The molecule has 0 saturated carbocycles. The molecule has 1 aliphatic rings. The molecule has 4 aromatic rings. The molecule has 9 heteroatoms. The zero-order valence-electron chi connectivity index (χ0n) is 21.9. The molecule has 0 bridgehead atoms. The van der Waals surface area contributed by atoms with E-state index in [1.54, 1.807) is 12.1 Å². The van der Waals surface area contributed by atoms with Crippen molar-refractivity contribution in [2.24, 2.45) is 12.8 Å². The third-order valence-electron chi connectivity index (χ3n) is 7.17. The highest BCUT2D eigenvalue weighted by Crippen LogP contribution is 2.33. The molecule has 1 aromatic heterocycles. The third-order valence-corrected chi connectivity index (χ3v) is 7.17. The molecule has 5 rings (SSSR count). The Balaban J connectivity index is 1.25. The molecular formula is C30H30N4O5. The Morgan fingerprint density at radius 1 is 1.03 bits per heavy atom. The Labute approximate surface area is 226 Å². The average molecular weight is 527 g/mol. The van der Waals surface area contributed by atoms with Gasteiger partial charge in [-0.3, -0.25) is 14.4 Å². The monoisotopic (exact) mass is 526 g/mol. The maximum Gasteiger partial charge on any atom is 0.305 e. The van der Waals surface area contributed by atoms with Gasteiger partial charge in [-0.15, -0.1) is 0 Å². The van der Waals surface area contributed by atoms with Crippen LogP contribution >= 0.6 is 0 Å². The second-order valence-corrected chi connectivity index (χ2v) is 9.61. The molecule has 0 saturated heterocycles. The number of carbonyl (C=O) groups excluding carboxylic acids is 3. The molecule has 2 N–H and O–H groups in total. The van der Waals surface area contributed by atoms with E-state index in [1.165, 1.54) is 12.0 Å². The van der Waals surface area contributed by atoms with Crippen LogP contribution in [0, 0.1) is 0 Å². The van der Waals surface area contributed by atoms with Crippen molar-refractivity contribution in [3.63, 3.8) is 0 Å². The SMILES string of the molecule is COC(=O)CCC(C(N)=O)N1Cc2c(OCc3ccc(Cc4nc5ccccc5n4C)cc3)cccc2C1=O. The highest BCUT2D eigenvalue weighted by molar-refractivity contribution is 6.01. The van der Waals surface area contributed by atoms with E-state index in [4.69, 9.17) is 15.5 Å². The summed E-state index contributed by atoms with van der Waals surface area (Å²) in [6, 6.07) is 20.6. The maximum absolute atomic E-state index is 13.1. The number of nitrogens with zero attached hydrogens (tertiary/aromatic N) is 3. The molecule has 3 aromatic carbocycles. The largest absolute Gasteiger partial charge is 0.489 e. The van der Waals surface area contributed by atoms with Crippen molar-refractivity contribution in [2.45, 2.75) is 38.5 Å². The van der Waals surface area contributed by atoms with E-state index >= 15 is 0 Å². The van der Waals surface area contributed by atoms with E-state index < -0.39 is 17.9 Å². The number of imidazole rings is 1. The maximum atomic E-state index is 13.1. The third kappa shape index (κ3) is 5.34. The summed E-state index contributed by atoms with van der Waals surface area (Å²) in [5.41, 5.74) is 11.0. The van der Waals surface area contributed by atoms with Crippen molar-refractivity contribution in [1.29, 1.82) is 0 Å². The lowest BCUT2D eigenvalue weighted by Crippen LogP contribution is -2.45. The molecule has 2 heterocycles. The second-order valence-electron chi connectivity index (χ2n) is 9.61. The van der Waals surface area contributed by atoms with Gasteiger partial charge >= 0.3 is 5.97 Å². The number of hydrogen-bond donors (Lipinski definition) is 1. The number of aryl methyl sites for hydroxylation is 1. The van der Waals surface area contributed by atoms with Crippen LogP contribution in [0.4, 0.5) is 0 Å². The summed E-state index contributed by atoms with van der Waals surface area (Å²) in [5, 5.41) is 0. The lowest BCUT2D eigenvalue weighted by Gasteiger charge is -2.24. The average Bonchev–Trinajstić information content (AvgIpc) is 3.44. The molecule has 0 aliphatic carbocycles. The number of benzene rings is 3. The first-order chi connectivity index (χ1) is 18.9. The predicted octanol–water partition coefficient (Wildman–Crippen LogP) is 3.51. The molecule has 0 radical (unpaired) electrons. The Morgan fingerprint density at radius 2 is 1.77 bits per heavy atom. The van der Waals surface area contributed by atoms with Crippen LogP contribution < -0.4 is 10.5 Å². The minimum Gasteiger partial charge on any atom is -0.489 e. The highest BCUT2D eigenvalue weighted by Gasteiger charge is 2.37. The normalized spacial score (nSPS) is 13.4. The van der Waals surface area contributed by atoms with Gasteiger partial charge in [-0.2, -0.15) is 0 Å². The number of amides is 2. The standard InChI is InChI=1S/C30H30N4O5/c1-33-24-8-4-3-7-23(24)32-27(33)16-19-10-12-20(13-11-19)18-39-26-9-5-6-21-22(26)17-34(30(21)37)25(29(31)36)14-15-28(35)38-2/h3-13,25H,14-18H2,1-2H3,(H2,31,36). The summed E-state index contributed by atoms with van der Waals surface area (Å²) in [7, 11) is 3.31. The Morgan fingerprint density at radius 3 is 2.49 bits per heavy atom. The van der Waals surface area contributed by atoms with E-state index in [9.17, 15) is 14.4 Å². The Kier molecular flexibility index (Phi) is 7.31. The molecule has 9 nitrogen and oxygen atoms in total. The van der Waals surface area contributed by atoms with Crippen LogP contribution in [-0.4, -0.2) is 45.4 Å². The smallest absolute Gasteiger partial charge is 0.305 e. The van der Waals surface area contributed by atoms with Crippen LogP contribution in [0.15, 0.2) is 66.7 Å². The van der Waals surface area contributed by atoms with Crippen molar-refractivity contribution in [3.8, 4) is 5.75 Å². The molecule has 1 aliphatic heterocycles. The lowest BCUT2D eigenvalue weighted by molar-refractivity contribution is -0.141. The topological polar surface area (TPSA) is 117 Å². The minimum absolute atomic E-state index is 0.0137. The summed E-state index contributed by atoms with van der Waals surface area (Å²) in [4.78, 5) is 43.0. The minimum atomic E-state index is -0.916. The molecule has 1 atom stereocenters. The predicted molar refractivity (Wildman–Crippen MR) is 145 cm³/mol. The zero-order chi connectivity index (χ0) is 27.5. The van der Waals surface area contributed by atoms with Crippen LogP contribution in [0.1, 0.15) is 45.7 Å². The first-order valence-electron chi connectivity index (χ1n) is 12.8. The molecular weight excluding hydrogens is 496 g/mol. The fourth-order valence-corrected chi connectivity index (χ4v) is 4.97. The van der Waals surface area contributed by atoms with Crippen molar-refractivity contribution in [1.82, 2.24) is 14.5 Å². The highest BCUT2D eigenvalue weighted by atomic mass is 16.5. The first kappa shape index (κ1) is 26.0. The van der Waals surface area contributed by atoms with E-state index in [2.05, 4.69) is 27.5 Å². The van der Waals surface area contributed by atoms with E-state index in [0.29, 0.717) is 29.9 Å². The quantitative estimate of drug-likeness (QED) is 0.316. The molecule has 0 fully saturated rings. The summed E-state index contributed by atoms with van der Waals surface area (Å²) in [6.07, 6.45) is 0.798. The van der Waals surface area contributed by atoms with Gasteiger partial charge in [0.05, 0.1) is 24.7 Å². The number of nitrogens with two attached hydrogens (primary N) is 1. The number of methoxy groups -OCH3 is 1. The van der Waals surface area contributed by atoms with Crippen LogP contribution in [-0.2, 0) is 40.9 Å². The van der Waals surface area contributed by atoms with Crippen LogP contribution in [0.3, 0.4) is 0 Å². The Bertz CT molecular complexity index is 1540. The lowest BCUT2D eigenvalue weighted by atomic mass is 10.1. The fraction of sp³-hybridized carbons (Fsp3) is 0.267. The van der Waals surface area contributed by atoms with Gasteiger partial charge in [0.15, 0.2) is 0 Å². The number of hydrogen-bond acceptors (Lipinski definition) is 6. The summed E-state index contributed by atoms with van der Waals surface area (Å²) in [6.45, 7) is 0.495. The van der Waals surface area contributed by atoms with Gasteiger partial charge in [0, 0.05) is 31.0 Å². The number of ether oxygens (including phenoxy) is 2. The van der Waals surface area contributed by atoms with Gasteiger partial charge in [-0.05, 0) is 41.8 Å². The van der Waals surface area contributed by atoms with Gasteiger partial charge in [0.25, 0.3) is 5.91 Å². The first-order valence-corrected chi connectivity index (χ1v) is 12.8. The van der Waals surface area contributed by atoms with E-state index in [0.717, 1.165) is 28.0 Å². The van der Waals surface area contributed by atoms with Crippen LogP contribution in [0.25, 0.3) is 11.0 Å². The molecule has 1 unspecified atom stereocenters. The fourth-order valence-electron chi connectivity index (χ4n) is 4.97. The van der Waals surface area contributed by atoms with Gasteiger partial charge in [-0.1, -0.05) is 42.5 Å². The van der Waals surface area contributed by atoms with Crippen LogP contribution in [0.2, 0.25) is 0 Å². The number of carbonyl (C=O) groups is 3. The molecule has 200 valence electrons. The summed E-state index contributed by atoms with van der Waals surface area (Å²) >= 11 is 0. The van der Waals surface area contributed by atoms with Gasteiger partial charge in [0.2, 0.25) is 5.91 Å². The molecule has 2 amide bonds. The van der Waals surface area contributed by atoms with E-state index in [-0.39, 0.29) is 25.3 Å². The summed E-state index contributed by atoms with van der Waals surface area (Å²) in [5.74, 6) is 0.129. The van der Waals surface area contributed by atoms with Gasteiger partial charge in [0.1, 0.15) is 24.2 Å². The van der Waals surface area contributed by atoms with Crippen molar-refractivity contribution in [2.75, 3.05) is 7.11 Å². The molecule has 0 spiro atoms. The van der Waals surface area contributed by atoms with E-state index in [1.807, 2.05) is 43.4 Å². The van der Waals surface area contributed by atoms with Gasteiger partial charge in [-0.25, -0.2) is 4.98 Å². The van der Waals surface area contributed by atoms with Crippen molar-refractivity contribution < 1.29 is 23.9 Å². The number of para-hydroxylation sites is 2. The summed E-state index contributed by atoms with van der Waals surface area (Å²) < 4.78 is 12.9. The van der Waals surface area contributed by atoms with Crippen LogP contribution in [0.5, 0.6) is 5.75 Å². The number of primary amides is 1.